The fourth-order valence-electron chi connectivity index (χ4n) is 3.89. The Labute approximate surface area is 171 Å². The van der Waals surface area contributed by atoms with Crippen molar-refractivity contribution in [3.63, 3.8) is 0 Å². The van der Waals surface area contributed by atoms with E-state index in [1.54, 1.807) is 6.07 Å². The van der Waals surface area contributed by atoms with Gasteiger partial charge in [-0.05, 0) is 30.5 Å². The summed E-state index contributed by atoms with van der Waals surface area (Å²) >= 11 is 0. The van der Waals surface area contributed by atoms with Crippen LogP contribution in [0.4, 0.5) is 14.9 Å². The molecule has 0 bridgehead atoms. The maximum atomic E-state index is 14.4. The zero-order chi connectivity index (χ0) is 21.3. The van der Waals surface area contributed by atoms with E-state index in [1.807, 2.05) is 0 Å². The number of carboxylic acid groups (broad SMARTS) is 1. The van der Waals surface area contributed by atoms with Gasteiger partial charge < -0.3 is 20.2 Å². The van der Waals surface area contributed by atoms with Crippen LogP contribution in [0.25, 0.3) is 0 Å². The van der Waals surface area contributed by atoms with Crippen molar-refractivity contribution in [2.75, 3.05) is 38.0 Å². The van der Waals surface area contributed by atoms with E-state index in [4.69, 9.17) is 5.11 Å². The third-order valence-electron chi connectivity index (χ3n) is 5.53. The molecule has 0 unspecified atom stereocenters. The van der Waals surface area contributed by atoms with E-state index in [0.717, 1.165) is 13.0 Å². The molecule has 0 saturated carbocycles. The Kier molecular flexibility index (Phi) is 5.39. The second-order valence-electron chi connectivity index (χ2n) is 7.44. The molecule has 1 aromatic carbocycles. The number of benzene rings is 1. The number of carbonyl (C=O) groups excluding carboxylic acids is 1. The largest absolute Gasteiger partial charge is 0.465 e. The minimum Gasteiger partial charge on any atom is -0.465 e. The number of anilines is 1. The second-order valence-corrected chi connectivity index (χ2v) is 7.44. The lowest BCUT2D eigenvalue weighted by Gasteiger charge is -2.33. The van der Waals surface area contributed by atoms with Gasteiger partial charge >= 0.3 is 6.09 Å². The molecule has 30 heavy (non-hydrogen) atoms. The molecule has 9 nitrogen and oxygen atoms in total. The van der Waals surface area contributed by atoms with Gasteiger partial charge in [0.25, 0.3) is 11.5 Å². The van der Waals surface area contributed by atoms with Crippen LogP contribution in [-0.2, 0) is 12.8 Å². The maximum absolute atomic E-state index is 14.4. The van der Waals surface area contributed by atoms with Crippen LogP contribution in [0.15, 0.2) is 23.0 Å². The summed E-state index contributed by atoms with van der Waals surface area (Å²) < 4.78 is 14.4. The molecule has 2 aliphatic heterocycles. The fourth-order valence-corrected chi connectivity index (χ4v) is 3.89. The van der Waals surface area contributed by atoms with Crippen molar-refractivity contribution in [3.8, 4) is 0 Å². The van der Waals surface area contributed by atoms with Crippen LogP contribution in [0, 0.1) is 5.82 Å². The highest BCUT2D eigenvalue weighted by Crippen LogP contribution is 2.24. The molecule has 0 aliphatic carbocycles. The van der Waals surface area contributed by atoms with E-state index < -0.39 is 17.8 Å². The van der Waals surface area contributed by atoms with Gasteiger partial charge in [0.2, 0.25) is 0 Å². The average Bonchev–Trinajstić information content (AvgIpc) is 2.76. The van der Waals surface area contributed by atoms with Crippen LogP contribution in [0.1, 0.15) is 33.6 Å². The molecule has 3 heterocycles. The molecule has 2 aliphatic rings. The molecule has 4 rings (SSSR count). The smallest absolute Gasteiger partial charge is 0.407 e. The Morgan fingerprint density at radius 1 is 1.17 bits per heavy atom. The maximum Gasteiger partial charge on any atom is 0.407 e. The van der Waals surface area contributed by atoms with Crippen molar-refractivity contribution in [3.05, 3.63) is 56.8 Å². The van der Waals surface area contributed by atoms with Crippen molar-refractivity contribution in [1.82, 2.24) is 20.0 Å². The van der Waals surface area contributed by atoms with E-state index in [2.05, 4.69) is 15.5 Å². The third kappa shape index (κ3) is 3.85. The predicted molar refractivity (Wildman–Crippen MR) is 106 cm³/mol. The monoisotopic (exact) mass is 415 g/mol. The first-order valence-corrected chi connectivity index (χ1v) is 9.84. The van der Waals surface area contributed by atoms with Crippen LogP contribution < -0.4 is 10.9 Å². The first-order chi connectivity index (χ1) is 14.4. The first-order valence-electron chi connectivity index (χ1n) is 9.84. The number of nitrogens with one attached hydrogen (secondary N) is 2. The zero-order valence-electron chi connectivity index (χ0n) is 16.3. The number of piperazine rings is 1. The number of hydrogen-bond acceptors (Lipinski definition) is 5. The van der Waals surface area contributed by atoms with E-state index in [1.165, 1.54) is 21.9 Å². The Morgan fingerprint density at radius 3 is 2.63 bits per heavy atom. The number of amides is 2. The van der Waals surface area contributed by atoms with Crippen LogP contribution in [0.3, 0.4) is 0 Å². The quantitative estimate of drug-likeness (QED) is 0.695. The lowest BCUT2D eigenvalue weighted by molar-refractivity contribution is 0.0620. The molecule has 2 amide bonds. The summed E-state index contributed by atoms with van der Waals surface area (Å²) in [7, 11) is 0. The molecule has 10 heteroatoms. The molecule has 3 N–H and O–H groups in total. The van der Waals surface area contributed by atoms with Crippen LogP contribution in [0.2, 0.25) is 0 Å². The average molecular weight is 415 g/mol. The number of H-pyrrole nitrogens is 1. The molecule has 0 spiro atoms. The number of carbonyl (C=O) groups is 2. The van der Waals surface area contributed by atoms with Crippen molar-refractivity contribution < 1.29 is 19.1 Å². The van der Waals surface area contributed by atoms with Gasteiger partial charge in [0.1, 0.15) is 5.82 Å². The number of hydrogen-bond donors (Lipinski definition) is 3. The van der Waals surface area contributed by atoms with Crippen molar-refractivity contribution in [2.45, 2.75) is 19.3 Å². The lowest BCUT2D eigenvalue weighted by Crippen LogP contribution is -2.50. The summed E-state index contributed by atoms with van der Waals surface area (Å²) in [5, 5.41) is 18.9. The topological polar surface area (TPSA) is 119 Å². The summed E-state index contributed by atoms with van der Waals surface area (Å²) in [6.45, 7) is 1.57. The molecular formula is C20H22FN5O4. The van der Waals surface area contributed by atoms with Gasteiger partial charge in [-0.1, -0.05) is 6.07 Å². The Bertz CT molecular complexity index is 1050. The molecular weight excluding hydrogens is 393 g/mol. The van der Waals surface area contributed by atoms with Crippen LogP contribution >= 0.6 is 0 Å². The number of aromatic nitrogens is 2. The van der Waals surface area contributed by atoms with Crippen LogP contribution in [-0.4, -0.2) is 69.8 Å². The molecule has 0 radical (unpaired) electrons. The molecule has 158 valence electrons. The summed E-state index contributed by atoms with van der Waals surface area (Å²) in [6.07, 6.45) is 0.840. The highest BCUT2D eigenvalue weighted by molar-refractivity contribution is 5.95. The fraction of sp³-hybridized carbons (Fsp3) is 0.400. The minimum atomic E-state index is -1.03. The summed E-state index contributed by atoms with van der Waals surface area (Å²) in [6, 6.07) is 4.35. The number of fused-ring (bicyclic) bond motifs is 1. The zero-order valence-corrected chi connectivity index (χ0v) is 16.3. The highest BCUT2D eigenvalue weighted by Gasteiger charge is 2.26. The number of aromatic amines is 1. The third-order valence-corrected chi connectivity index (χ3v) is 5.53. The lowest BCUT2D eigenvalue weighted by atomic mass is 9.99. The summed E-state index contributed by atoms with van der Waals surface area (Å²) in [4.78, 5) is 38.5. The highest BCUT2D eigenvalue weighted by atomic mass is 19.1. The molecule has 2 aromatic rings. The molecule has 0 atom stereocenters. The molecule has 1 fully saturated rings. The number of halogens is 1. The van der Waals surface area contributed by atoms with E-state index >= 15 is 0 Å². The van der Waals surface area contributed by atoms with Gasteiger partial charge in [0, 0.05) is 44.7 Å². The number of rotatable bonds is 3. The van der Waals surface area contributed by atoms with Crippen molar-refractivity contribution >= 4 is 17.7 Å². The Hall–Kier alpha value is -3.43. The normalized spacial score (nSPS) is 16.0. The van der Waals surface area contributed by atoms with E-state index in [9.17, 15) is 18.8 Å². The van der Waals surface area contributed by atoms with Gasteiger partial charge in [-0.25, -0.2) is 14.3 Å². The second kappa shape index (κ2) is 8.13. The predicted octanol–water partition coefficient (Wildman–Crippen LogP) is 1.29. The first kappa shape index (κ1) is 19.9. The van der Waals surface area contributed by atoms with Crippen molar-refractivity contribution in [1.29, 1.82) is 0 Å². The molecule has 1 aromatic heterocycles. The van der Waals surface area contributed by atoms with E-state index in [-0.39, 0.29) is 37.3 Å². The Balaban J connectivity index is 1.55. The van der Waals surface area contributed by atoms with Gasteiger partial charge in [-0.15, -0.1) is 0 Å². The van der Waals surface area contributed by atoms with Gasteiger partial charge in [-0.2, -0.15) is 5.10 Å². The van der Waals surface area contributed by atoms with Gasteiger partial charge in [-0.3, -0.25) is 9.59 Å². The number of nitrogens with zero attached hydrogens (tertiary/aromatic N) is 3. The van der Waals surface area contributed by atoms with E-state index in [0.29, 0.717) is 35.3 Å². The molecule has 1 saturated heterocycles. The Morgan fingerprint density at radius 2 is 1.90 bits per heavy atom. The van der Waals surface area contributed by atoms with Crippen LogP contribution in [0.5, 0.6) is 0 Å². The standard InChI is InChI=1S/C20H22FN5O4/c21-15-4-3-12(11-16-17-13(2-1-5-22-17)18(27)24-23-16)10-14(15)19(28)25-6-8-26(9-7-25)20(29)30/h3-4,10,22H,1-2,5-9,11H2,(H,24,27)(H,29,30). The SMILES string of the molecule is O=C(O)N1CCN(C(=O)c2cc(Cc3n[nH]c(=O)c4c3NCCC4)ccc2F)CC1. The summed E-state index contributed by atoms with van der Waals surface area (Å²) in [5.74, 6) is -1.09. The van der Waals surface area contributed by atoms with Crippen molar-refractivity contribution in [2.24, 2.45) is 0 Å². The van der Waals surface area contributed by atoms with Gasteiger partial charge in [0.05, 0.1) is 16.9 Å². The van der Waals surface area contributed by atoms with Gasteiger partial charge in [0.15, 0.2) is 0 Å². The summed E-state index contributed by atoms with van der Waals surface area (Å²) in [5.41, 5.74) is 2.45. The minimum absolute atomic E-state index is 0.0532.